The van der Waals surface area contributed by atoms with Crippen LogP contribution in [0.1, 0.15) is 5.56 Å². The van der Waals surface area contributed by atoms with Gasteiger partial charge in [-0.05, 0) is 24.3 Å². The first-order valence-corrected chi connectivity index (χ1v) is 6.53. The van der Waals surface area contributed by atoms with Gasteiger partial charge in [-0.25, -0.2) is 5.43 Å². The first-order valence-electron chi connectivity index (χ1n) is 6.53. The summed E-state index contributed by atoms with van der Waals surface area (Å²) in [6.07, 6.45) is 1.55. The standard InChI is InChI=1S/C16H17N3O2/c1-21-15-10-6-5-7-13(15)11-18-19-16(20)12-17-14-8-3-2-4-9-14/h2-11,17H,12H2,1H3,(H,19,20)/b18-11+. The van der Waals surface area contributed by atoms with Crippen molar-refractivity contribution in [3.05, 3.63) is 60.2 Å². The summed E-state index contributed by atoms with van der Waals surface area (Å²) in [6.45, 7) is 0.160. The summed E-state index contributed by atoms with van der Waals surface area (Å²) in [5.74, 6) is 0.489. The number of nitrogens with zero attached hydrogens (tertiary/aromatic N) is 1. The Bertz CT molecular complexity index is 612. The van der Waals surface area contributed by atoms with Crippen molar-refractivity contribution in [3.63, 3.8) is 0 Å². The van der Waals surface area contributed by atoms with Crippen LogP contribution in [0.5, 0.6) is 5.75 Å². The van der Waals surface area contributed by atoms with Crippen LogP contribution in [0.3, 0.4) is 0 Å². The average molecular weight is 283 g/mol. The third-order valence-electron chi connectivity index (χ3n) is 2.76. The maximum absolute atomic E-state index is 11.6. The smallest absolute Gasteiger partial charge is 0.259 e. The molecule has 21 heavy (non-hydrogen) atoms. The molecule has 2 N–H and O–H groups in total. The summed E-state index contributed by atoms with van der Waals surface area (Å²) in [5.41, 5.74) is 4.16. The fourth-order valence-electron chi connectivity index (χ4n) is 1.72. The highest BCUT2D eigenvalue weighted by atomic mass is 16.5. The Morgan fingerprint density at radius 1 is 1.14 bits per heavy atom. The molecule has 0 spiro atoms. The molecule has 0 unspecified atom stereocenters. The monoisotopic (exact) mass is 283 g/mol. The van der Waals surface area contributed by atoms with Crippen LogP contribution in [0, 0.1) is 0 Å². The summed E-state index contributed by atoms with van der Waals surface area (Å²) >= 11 is 0. The van der Waals surface area contributed by atoms with Crippen molar-refractivity contribution >= 4 is 17.8 Å². The van der Waals surface area contributed by atoms with Gasteiger partial charge in [-0.15, -0.1) is 0 Å². The molecule has 0 saturated carbocycles. The van der Waals surface area contributed by atoms with E-state index in [1.165, 1.54) is 0 Å². The van der Waals surface area contributed by atoms with Gasteiger partial charge in [-0.3, -0.25) is 4.79 Å². The number of amides is 1. The highest BCUT2D eigenvalue weighted by Gasteiger charge is 2.00. The average Bonchev–Trinajstić information content (AvgIpc) is 2.54. The van der Waals surface area contributed by atoms with Crippen molar-refractivity contribution in [1.82, 2.24) is 5.43 Å². The molecule has 0 aliphatic rings. The van der Waals surface area contributed by atoms with Crippen molar-refractivity contribution in [2.75, 3.05) is 19.0 Å². The van der Waals surface area contributed by atoms with Crippen LogP contribution < -0.4 is 15.5 Å². The Morgan fingerprint density at radius 3 is 2.62 bits per heavy atom. The van der Waals surface area contributed by atoms with Gasteiger partial charge in [-0.2, -0.15) is 5.10 Å². The molecule has 0 atom stereocenters. The second kappa shape index (κ2) is 7.69. The largest absolute Gasteiger partial charge is 0.496 e. The summed E-state index contributed by atoms with van der Waals surface area (Å²) in [4.78, 5) is 11.6. The van der Waals surface area contributed by atoms with E-state index in [-0.39, 0.29) is 12.5 Å². The van der Waals surface area contributed by atoms with Crippen molar-refractivity contribution < 1.29 is 9.53 Å². The number of ether oxygens (including phenoxy) is 1. The van der Waals surface area contributed by atoms with E-state index in [2.05, 4.69) is 15.8 Å². The molecule has 108 valence electrons. The van der Waals surface area contributed by atoms with Crippen LogP contribution in [-0.4, -0.2) is 25.8 Å². The minimum atomic E-state index is -0.218. The van der Waals surface area contributed by atoms with Gasteiger partial charge in [0.25, 0.3) is 5.91 Å². The van der Waals surface area contributed by atoms with Crippen molar-refractivity contribution in [1.29, 1.82) is 0 Å². The van der Waals surface area contributed by atoms with Crippen LogP contribution in [-0.2, 0) is 4.79 Å². The molecular weight excluding hydrogens is 266 g/mol. The van der Waals surface area contributed by atoms with Gasteiger partial charge >= 0.3 is 0 Å². The van der Waals surface area contributed by atoms with E-state index in [0.29, 0.717) is 5.75 Å². The maximum Gasteiger partial charge on any atom is 0.259 e. The number of methoxy groups -OCH3 is 1. The fraction of sp³-hybridized carbons (Fsp3) is 0.125. The predicted molar refractivity (Wildman–Crippen MR) is 83.7 cm³/mol. The van der Waals surface area contributed by atoms with E-state index in [1.807, 2.05) is 54.6 Å². The molecule has 5 nitrogen and oxygen atoms in total. The lowest BCUT2D eigenvalue weighted by Gasteiger charge is -2.05. The lowest BCUT2D eigenvalue weighted by molar-refractivity contribution is -0.119. The molecule has 0 radical (unpaired) electrons. The van der Waals surface area contributed by atoms with Gasteiger partial charge in [0.05, 0.1) is 19.9 Å². The fourth-order valence-corrected chi connectivity index (χ4v) is 1.72. The van der Waals surface area contributed by atoms with Gasteiger partial charge < -0.3 is 10.1 Å². The zero-order valence-corrected chi connectivity index (χ0v) is 11.7. The number of hydrazone groups is 1. The van der Waals surface area contributed by atoms with Gasteiger partial charge in [-0.1, -0.05) is 30.3 Å². The molecule has 5 heteroatoms. The lowest BCUT2D eigenvalue weighted by Crippen LogP contribution is -2.25. The minimum Gasteiger partial charge on any atom is -0.496 e. The van der Waals surface area contributed by atoms with E-state index in [1.54, 1.807) is 13.3 Å². The number of rotatable bonds is 6. The Kier molecular flexibility index (Phi) is 5.34. The zero-order valence-electron chi connectivity index (χ0n) is 11.7. The molecule has 1 amide bonds. The van der Waals surface area contributed by atoms with Gasteiger partial charge in [0.15, 0.2) is 0 Å². The summed E-state index contributed by atoms with van der Waals surface area (Å²) in [6, 6.07) is 17.0. The van der Waals surface area contributed by atoms with E-state index in [0.717, 1.165) is 11.3 Å². The van der Waals surface area contributed by atoms with Crippen LogP contribution >= 0.6 is 0 Å². The number of para-hydroxylation sites is 2. The van der Waals surface area contributed by atoms with Crippen molar-refractivity contribution in [3.8, 4) is 5.75 Å². The third-order valence-corrected chi connectivity index (χ3v) is 2.76. The maximum atomic E-state index is 11.6. The van der Waals surface area contributed by atoms with Crippen LogP contribution in [0.25, 0.3) is 0 Å². The number of anilines is 1. The molecule has 0 heterocycles. The molecule has 2 aromatic carbocycles. The molecule has 2 rings (SSSR count). The van der Waals surface area contributed by atoms with Crippen molar-refractivity contribution in [2.24, 2.45) is 5.10 Å². The molecule has 0 bridgehead atoms. The van der Waals surface area contributed by atoms with Crippen LogP contribution in [0.2, 0.25) is 0 Å². The number of benzene rings is 2. The molecule has 0 fully saturated rings. The first kappa shape index (κ1) is 14.6. The summed E-state index contributed by atoms with van der Waals surface area (Å²) < 4.78 is 5.19. The Hall–Kier alpha value is -2.82. The molecular formula is C16H17N3O2. The quantitative estimate of drug-likeness (QED) is 0.631. The van der Waals surface area contributed by atoms with E-state index < -0.39 is 0 Å². The lowest BCUT2D eigenvalue weighted by atomic mass is 10.2. The summed E-state index contributed by atoms with van der Waals surface area (Å²) in [7, 11) is 1.59. The topological polar surface area (TPSA) is 62.7 Å². The van der Waals surface area contributed by atoms with E-state index in [9.17, 15) is 4.79 Å². The van der Waals surface area contributed by atoms with Gasteiger partial charge in [0.2, 0.25) is 0 Å². The summed E-state index contributed by atoms with van der Waals surface area (Å²) in [5, 5.41) is 6.92. The number of carbonyl (C=O) groups excluding carboxylic acids is 1. The van der Waals surface area contributed by atoms with Crippen LogP contribution in [0.15, 0.2) is 59.7 Å². The third kappa shape index (κ3) is 4.65. The molecule has 2 aromatic rings. The van der Waals surface area contributed by atoms with Gasteiger partial charge in [0.1, 0.15) is 5.75 Å². The highest BCUT2D eigenvalue weighted by molar-refractivity contribution is 5.86. The zero-order chi connectivity index (χ0) is 14.9. The second-order valence-corrected chi connectivity index (χ2v) is 4.25. The molecule has 0 saturated heterocycles. The number of hydrogen-bond donors (Lipinski definition) is 2. The molecule has 0 aliphatic carbocycles. The minimum absolute atomic E-state index is 0.160. The molecule has 0 aliphatic heterocycles. The SMILES string of the molecule is COc1ccccc1/C=N/NC(=O)CNc1ccccc1. The van der Waals surface area contributed by atoms with Crippen molar-refractivity contribution in [2.45, 2.75) is 0 Å². The van der Waals surface area contributed by atoms with Gasteiger partial charge in [0, 0.05) is 11.3 Å². The second-order valence-electron chi connectivity index (χ2n) is 4.25. The highest BCUT2D eigenvalue weighted by Crippen LogP contribution is 2.14. The van der Waals surface area contributed by atoms with E-state index >= 15 is 0 Å². The van der Waals surface area contributed by atoms with E-state index in [4.69, 9.17) is 4.74 Å². The first-order chi connectivity index (χ1) is 10.3. The Morgan fingerprint density at radius 2 is 1.86 bits per heavy atom. The van der Waals surface area contributed by atoms with Crippen LogP contribution in [0.4, 0.5) is 5.69 Å². The normalized spacial score (nSPS) is 10.3. The molecule has 0 aromatic heterocycles. The Balaban J connectivity index is 1.82. The Labute approximate surface area is 123 Å². The predicted octanol–water partition coefficient (Wildman–Crippen LogP) is 2.26. The number of hydrogen-bond acceptors (Lipinski definition) is 4. The number of carbonyl (C=O) groups is 1. The number of nitrogens with one attached hydrogen (secondary N) is 2.